The Morgan fingerprint density at radius 1 is 1.48 bits per heavy atom. The van der Waals surface area contributed by atoms with Crippen LogP contribution in [0.25, 0.3) is 0 Å². The van der Waals surface area contributed by atoms with Crippen LogP contribution >= 0.6 is 11.3 Å². The normalized spacial score (nSPS) is 26.1. The standard InChI is InChI=1S/C16H19N5O9S/c1-27-4-7-3-16(14(25)26,30-13(7)24)21-12(23)8(5-29-21)18-11(22)10(20-28-2)9-6-31-15(17)19-9/h6-8H,3-5H2,1-2H3,(H2,17,19)(H,18,22)(H,25,26)/t7?,8-,16?/m0/s1. The van der Waals surface area contributed by atoms with Crippen LogP contribution in [-0.4, -0.2) is 83.8 Å². The molecule has 31 heavy (non-hydrogen) atoms. The monoisotopic (exact) mass is 457 g/mol. The van der Waals surface area contributed by atoms with Gasteiger partial charge in [0.15, 0.2) is 10.8 Å². The van der Waals surface area contributed by atoms with Crippen LogP contribution in [0, 0.1) is 5.92 Å². The number of carbonyl (C=O) groups excluding carboxylic acids is 3. The summed E-state index contributed by atoms with van der Waals surface area (Å²) in [5.41, 5.74) is 3.07. The zero-order valence-corrected chi connectivity index (χ0v) is 17.2. The number of ether oxygens (including phenoxy) is 2. The van der Waals surface area contributed by atoms with E-state index < -0.39 is 48.0 Å². The highest BCUT2D eigenvalue weighted by Gasteiger charge is 2.62. The molecule has 1 aromatic rings. The molecular formula is C16H19N5O9S. The lowest BCUT2D eigenvalue weighted by Crippen LogP contribution is -2.57. The third-order valence-corrected chi connectivity index (χ3v) is 5.17. The van der Waals surface area contributed by atoms with Gasteiger partial charge in [0.1, 0.15) is 25.5 Å². The van der Waals surface area contributed by atoms with Gasteiger partial charge in [-0.05, 0) is 0 Å². The number of aromatic nitrogens is 1. The number of cyclic esters (lactones) is 1. The number of aliphatic carboxylic acids is 1. The molecule has 0 radical (unpaired) electrons. The number of methoxy groups -OCH3 is 1. The van der Waals surface area contributed by atoms with Gasteiger partial charge in [-0.15, -0.1) is 11.3 Å². The first-order valence-electron chi connectivity index (χ1n) is 8.79. The fraction of sp³-hybridized carbons (Fsp3) is 0.500. The number of nitrogens with one attached hydrogen (secondary N) is 1. The van der Waals surface area contributed by atoms with Gasteiger partial charge in [-0.1, -0.05) is 5.16 Å². The first-order valence-corrected chi connectivity index (χ1v) is 9.67. The number of thiazole rings is 1. The molecule has 0 bridgehead atoms. The van der Waals surface area contributed by atoms with Crippen LogP contribution in [0.3, 0.4) is 0 Å². The topological polar surface area (TPSA) is 192 Å². The van der Waals surface area contributed by atoms with Crippen LogP contribution in [0.4, 0.5) is 5.13 Å². The summed E-state index contributed by atoms with van der Waals surface area (Å²) in [7, 11) is 2.56. The summed E-state index contributed by atoms with van der Waals surface area (Å²) in [4.78, 5) is 63.3. The fourth-order valence-electron chi connectivity index (χ4n) is 3.11. The Bertz CT molecular complexity index is 934. The third kappa shape index (κ3) is 4.14. The van der Waals surface area contributed by atoms with Crippen molar-refractivity contribution in [3.8, 4) is 0 Å². The maximum atomic E-state index is 12.8. The van der Waals surface area contributed by atoms with Crippen LogP contribution in [0.2, 0.25) is 0 Å². The van der Waals surface area contributed by atoms with Gasteiger partial charge in [-0.2, -0.15) is 5.06 Å². The maximum Gasteiger partial charge on any atom is 0.372 e. The molecule has 0 aliphatic carbocycles. The van der Waals surface area contributed by atoms with Crippen LogP contribution < -0.4 is 11.1 Å². The van der Waals surface area contributed by atoms with Gasteiger partial charge >= 0.3 is 17.7 Å². The number of hydrogen-bond donors (Lipinski definition) is 3. The predicted octanol–water partition coefficient (Wildman–Crippen LogP) is -1.68. The van der Waals surface area contributed by atoms with Crippen LogP contribution in [-0.2, 0) is 38.3 Å². The van der Waals surface area contributed by atoms with E-state index in [2.05, 4.69) is 20.3 Å². The number of carboxylic acids is 1. The van der Waals surface area contributed by atoms with E-state index in [1.165, 1.54) is 19.6 Å². The molecule has 0 spiro atoms. The summed E-state index contributed by atoms with van der Waals surface area (Å²) in [5, 5.41) is 17.8. The molecule has 2 fully saturated rings. The summed E-state index contributed by atoms with van der Waals surface area (Å²) >= 11 is 1.07. The molecule has 1 aromatic heterocycles. The second-order valence-corrected chi connectivity index (χ2v) is 7.40. The summed E-state index contributed by atoms with van der Waals surface area (Å²) in [5.74, 6) is -5.10. The van der Waals surface area contributed by atoms with Gasteiger partial charge in [0.2, 0.25) is 0 Å². The van der Waals surface area contributed by atoms with Crippen molar-refractivity contribution in [2.45, 2.75) is 18.2 Å². The lowest BCUT2D eigenvalue weighted by molar-refractivity contribution is -0.256. The lowest BCUT2D eigenvalue weighted by Gasteiger charge is -2.30. The second-order valence-electron chi connectivity index (χ2n) is 6.51. The Labute approximate surface area is 178 Å². The Morgan fingerprint density at radius 3 is 2.81 bits per heavy atom. The van der Waals surface area contributed by atoms with Crippen LogP contribution in [0.5, 0.6) is 0 Å². The molecule has 3 rings (SSSR count). The zero-order chi connectivity index (χ0) is 22.8. The maximum absolute atomic E-state index is 12.8. The molecule has 2 aliphatic rings. The molecule has 3 atom stereocenters. The number of nitrogens with two attached hydrogens (primary N) is 1. The van der Waals surface area contributed by atoms with Crippen molar-refractivity contribution in [3.05, 3.63) is 11.1 Å². The van der Waals surface area contributed by atoms with E-state index in [9.17, 15) is 24.3 Å². The molecule has 0 saturated carbocycles. The number of carbonyl (C=O) groups is 4. The molecule has 168 valence electrons. The molecule has 2 aliphatic heterocycles. The molecule has 2 unspecified atom stereocenters. The third-order valence-electron chi connectivity index (χ3n) is 4.49. The van der Waals surface area contributed by atoms with Gasteiger partial charge in [0, 0.05) is 18.9 Å². The number of esters is 1. The van der Waals surface area contributed by atoms with E-state index in [4.69, 9.17) is 20.0 Å². The fourth-order valence-corrected chi connectivity index (χ4v) is 3.66. The number of nitrogens with zero attached hydrogens (tertiary/aromatic N) is 3. The van der Waals surface area contributed by atoms with Gasteiger partial charge in [0.25, 0.3) is 11.8 Å². The highest BCUT2D eigenvalue weighted by Crippen LogP contribution is 2.37. The summed E-state index contributed by atoms with van der Waals surface area (Å²) in [6.07, 6.45) is -0.379. The number of amides is 2. The Morgan fingerprint density at radius 2 is 2.23 bits per heavy atom. The number of rotatable bonds is 8. The SMILES string of the molecule is COCC1CC(C(=O)O)(N2OC[C@H](NC(=O)C(=NOC)c3csc(N)n3)C2=O)OC1=O. The lowest BCUT2D eigenvalue weighted by atomic mass is 10.0. The van der Waals surface area contributed by atoms with Crippen LogP contribution in [0.1, 0.15) is 12.1 Å². The molecular weight excluding hydrogens is 438 g/mol. The Hall–Kier alpha value is -3.30. The summed E-state index contributed by atoms with van der Waals surface area (Å²) < 4.78 is 9.92. The quantitative estimate of drug-likeness (QED) is 0.229. The average molecular weight is 457 g/mol. The van der Waals surface area contributed by atoms with Gasteiger partial charge in [-0.25, -0.2) is 9.78 Å². The van der Waals surface area contributed by atoms with E-state index in [-0.39, 0.29) is 29.6 Å². The molecule has 0 aromatic carbocycles. The smallest absolute Gasteiger partial charge is 0.372 e. The number of oxime groups is 1. The minimum Gasteiger partial charge on any atom is -0.477 e. The van der Waals surface area contributed by atoms with E-state index in [1.54, 1.807) is 0 Å². The minimum atomic E-state index is -2.37. The van der Waals surface area contributed by atoms with Gasteiger partial charge in [-0.3, -0.25) is 19.2 Å². The van der Waals surface area contributed by atoms with Crippen molar-refractivity contribution in [3.63, 3.8) is 0 Å². The highest BCUT2D eigenvalue weighted by molar-refractivity contribution is 7.13. The predicted molar refractivity (Wildman–Crippen MR) is 101 cm³/mol. The number of nitrogen functional groups attached to an aromatic ring is 1. The molecule has 15 heteroatoms. The van der Waals surface area contributed by atoms with Gasteiger partial charge in [0.05, 0.1) is 12.5 Å². The van der Waals surface area contributed by atoms with Crippen LogP contribution in [0.15, 0.2) is 10.5 Å². The van der Waals surface area contributed by atoms with E-state index >= 15 is 0 Å². The number of hydroxylamine groups is 2. The average Bonchev–Trinajstić information content (AvgIpc) is 3.39. The second kappa shape index (κ2) is 8.83. The first-order chi connectivity index (χ1) is 14.7. The molecule has 14 nitrogen and oxygen atoms in total. The van der Waals surface area contributed by atoms with Crippen molar-refractivity contribution < 1.29 is 43.4 Å². The Balaban J connectivity index is 1.77. The summed E-state index contributed by atoms with van der Waals surface area (Å²) in [6.45, 7) is -0.491. The van der Waals surface area contributed by atoms with Crippen molar-refractivity contribution >= 4 is 45.9 Å². The van der Waals surface area contributed by atoms with Gasteiger partial charge < -0.3 is 30.5 Å². The minimum absolute atomic E-state index is 0.0936. The molecule has 2 amide bonds. The summed E-state index contributed by atoms with van der Waals surface area (Å²) in [6, 6.07) is -1.28. The van der Waals surface area contributed by atoms with E-state index in [0.717, 1.165) is 11.3 Å². The Kier molecular flexibility index (Phi) is 6.37. The van der Waals surface area contributed by atoms with Crippen molar-refractivity contribution in [1.29, 1.82) is 0 Å². The van der Waals surface area contributed by atoms with E-state index in [1.807, 2.05) is 0 Å². The number of anilines is 1. The van der Waals surface area contributed by atoms with Crippen molar-refractivity contribution in [2.75, 3.05) is 33.2 Å². The molecule has 4 N–H and O–H groups in total. The van der Waals surface area contributed by atoms with Crippen molar-refractivity contribution in [1.82, 2.24) is 15.4 Å². The highest BCUT2D eigenvalue weighted by atomic mass is 32.1. The molecule has 3 heterocycles. The number of carboxylic acid groups (broad SMARTS) is 1. The largest absolute Gasteiger partial charge is 0.477 e. The zero-order valence-electron chi connectivity index (χ0n) is 16.4. The first kappa shape index (κ1) is 22.4. The van der Waals surface area contributed by atoms with Crippen molar-refractivity contribution in [2.24, 2.45) is 11.1 Å². The van der Waals surface area contributed by atoms with E-state index in [0.29, 0.717) is 5.06 Å². The number of hydrogen-bond acceptors (Lipinski definition) is 12. The molecule has 2 saturated heterocycles.